The molecule has 0 aliphatic heterocycles. The zero-order valence-electron chi connectivity index (χ0n) is 13.6. The maximum absolute atomic E-state index is 12.9. The van der Waals surface area contributed by atoms with E-state index in [0.717, 1.165) is 6.07 Å². The van der Waals surface area contributed by atoms with Gasteiger partial charge in [-0.05, 0) is 12.1 Å². The van der Waals surface area contributed by atoms with Crippen LogP contribution in [0.3, 0.4) is 0 Å². The van der Waals surface area contributed by atoms with Crippen LogP contribution in [0.4, 0.5) is 26.3 Å². The molecule has 0 saturated heterocycles. The van der Waals surface area contributed by atoms with E-state index < -0.39 is 50.5 Å². The lowest BCUT2D eigenvalue weighted by molar-refractivity contribution is -0.141. The number of aromatic nitrogens is 2. The van der Waals surface area contributed by atoms with Gasteiger partial charge in [0.05, 0.1) is 28.2 Å². The summed E-state index contributed by atoms with van der Waals surface area (Å²) in [5.74, 6) is -0.521. The van der Waals surface area contributed by atoms with Crippen LogP contribution in [0.15, 0.2) is 40.3 Å². The summed E-state index contributed by atoms with van der Waals surface area (Å²) in [6, 6.07) is 2.48. The van der Waals surface area contributed by atoms with E-state index in [1.807, 2.05) is 0 Å². The van der Waals surface area contributed by atoms with Gasteiger partial charge < -0.3 is 0 Å². The van der Waals surface area contributed by atoms with Crippen LogP contribution in [0.25, 0.3) is 11.3 Å². The standard InChI is InChI=1S/C15H12F6N2O3S/c1-2-27(25,26)12-5-9(15(19,20)21)3-4-10(12)11-6-13(24)23(8-22-11)7-14(16,17)18/h3-6,8H,2,7H2,1H3. The molecule has 1 heterocycles. The second-order valence-corrected chi connectivity index (χ2v) is 7.71. The van der Waals surface area contributed by atoms with Crippen molar-refractivity contribution in [2.24, 2.45) is 0 Å². The Morgan fingerprint density at radius 1 is 1.07 bits per heavy atom. The molecule has 27 heavy (non-hydrogen) atoms. The van der Waals surface area contributed by atoms with Crippen LogP contribution in [-0.2, 0) is 22.6 Å². The summed E-state index contributed by atoms with van der Waals surface area (Å²) in [6.07, 6.45) is -8.93. The Morgan fingerprint density at radius 3 is 2.19 bits per heavy atom. The van der Waals surface area contributed by atoms with E-state index in [1.54, 1.807) is 0 Å². The van der Waals surface area contributed by atoms with Crippen molar-refractivity contribution in [3.8, 4) is 11.3 Å². The number of sulfone groups is 1. The predicted molar refractivity (Wildman–Crippen MR) is 82.7 cm³/mol. The molecular formula is C15H12F6N2O3S. The first kappa shape index (κ1) is 20.9. The van der Waals surface area contributed by atoms with Crippen molar-refractivity contribution in [1.29, 1.82) is 0 Å². The van der Waals surface area contributed by atoms with E-state index in [-0.39, 0.29) is 15.8 Å². The maximum atomic E-state index is 12.9. The molecule has 1 aromatic carbocycles. The molecule has 0 aliphatic rings. The van der Waals surface area contributed by atoms with E-state index in [4.69, 9.17) is 0 Å². The number of hydrogen-bond donors (Lipinski definition) is 0. The smallest absolute Gasteiger partial charge is 0.290 e. The summed E-state index contributed by atoms with van der Waals surface area (Å²) in [5, 5.41) is 0. The zero-order valence-corrected chi connectivity index (χ0v) is 14.4. The molecule has 12 heteroatoms. The molecule has 2 aromatic rings. The molecule has 0 N–H and O–H groups in total. The SMILES string of the molecule is CCS(=O)(=O)c1cc(C(F)(F)F)ccc1-c1cc(=O)n(CC(F)(F)F)cn1. The number of alkyl halides is 6. The third-order valence-electron chi connectivity index (χ3n) is 3.53. The van der Waals surface area contributed by atoms with Gasteiger partial charge in [-0.2, -0.15) is 26.3 Å². The van der Waals surface area contributed by atoms with Crippen molar-refractivity contribution < 1.29 is 34.8 Å². The highest BCUT2D eigenvalue weighted by molar-refractivity contribution is 7.91. The van der Waals surface area contributed by atoms with Crippen LogP contribution in [0, 0.1) is 0 Å². The van der Waals surface area contributed by atoms with Gasteiger partial charge >= 0.3 is 12.4 Å². The minimum absolute atomic E-state index is 0.252. The van der Waals surface area contributed by atoms with Gasteiger partial charge in [0.2, 0.25) is 0 Å². The van der Waals surface area contributed by atoms with Gasteiger partial charge in [-0.1, -0.05) is 13.0 Å². The molecule has 0 aliphatic carbocycles. The average Bonchev–Trinajstić information content (AvgIpc) is 2.54. The fourth-order valence-electron chi connectivity index (χ4n) is 2.21. The summed E-state index contributed by atoms with van der Waals surface area (Å²) in [5.41, 5.74) is -3.00. The fraction of sp³-hybridized carbons (Fsp3) is 0.333. The van der Waals surface area contributed by atoms with Gasteiger partial charge in [0.15, 0.2) is 9.84 Å². The molecule has 5 nitrogen and oxygen atoms in total. The summed E-state index contributed by atoms with van der Waals surface area (Å²) < 4.78 is 101. The number of benzene rings is 1. The molecule has 2 rings (SSSR count). The second-order valence-electron chi connectivity index (χ2n) is 5.47. The Hall–Kier alpha value is -2.37. The molecule has 0 spiro atoms. The molecule has 148 valence electrons. The van der Waals surface area contributed by atoms with Crippen molar-refractivity contribution in [2.45, 2.75) is 30.7 Å². The molecule has 0 atom stereocenters. The Balaban J connectivity index is 2.65. The van der Waals surface area contributed by atoms with Crippen molar-refractivity contribution in [3.63, 3.8) is 0 Å². The lowest BCUT2D eigenvalue weighted by atomic mass is 10.1. The lowest BCUT2D eigenvalue weighted by Gasteiger charge is -2.14. The van der Waals surface area contributed by atoms with E-state index >= 15 is 0 Å². The van der Waals surface area contributed by atoms with Gasteiger partial charge in [0.1, 0.15) is 6.54 Å². The van der Waals surface area contributed by atoms with Crippen molar-refractivity contribution in [1.82, 2.24) is 9.55 Å². The second kappa shape index (κ2) is 6.98. The van der Waals surface area contributed by atoms with Crippen LogP contribution in [0.2, 0.25) is 0 Å². The first-order valence-electron chi connectivity index (χ1n) is 7.32. The largest absolute Gasteiger partial charge is 0.416 e. The number of nitrogens with zero attached hydrogens (tertiary/aromatic N) is 2. The molecule has 0 fully saturated rings. The monoisotopic (exact) mass is 414 g/mol. The Kier molecular flexibility index (Phi) is 5.41. The van der Waals surface area contributed by atoms with E-state index in [9.17, 15) is 39.6 Å². The van der Waals surface area contributed by atoms with Gasteiger partial charge in [0, 0.05) is 11.6 Å². The van der Waals surface area contributed by atoms with E-state index in [2.05, 4.69) is 4.98 Å². The third-order valence-corrected chi connectivity index (χ3v) is 5.30. The highest BCUT2D eigenvalue weighted by Crippen LogP contribution is 2.35. The maximum Gasteiger partial charge on any atom is 0.416 e. The minimum atomic E-state index is -4.81. The summed E-state index contributed by atoms with van der Waals surface area (Å²) >= 11 is 0. The molecule has 0 amide bonds. The zero-order chi connectivity index (χ0) is 20.6. The van der Waals surface area contributed by atoms with Crippen molar-refractivity contribution in [2.75, 3.05) is 5.75 Å². The Bertz CT molecular complexity index is 1010. The first-order chi connectivity index (χ1) is 12.2. The normalized spacial score (nSPS) is 13.0. The van der Waals surface area contributed by atoms with Crippen LogP contribution in [-0.4, -0.2) is 29.9 Å². The molecule has 0 unspecified atom stereocenters. The highest BCUT2D eigenvalue weighted by Gasteiger charge is 2.33. The van der Waals surface area contributed by atoms with Crippen molar-refractivity contribution >= 4 is 9.84 Å². The van der Waals surface area contributed by atoms with Gasteiger partial charge in [-0.15, -0.1) is 0 Å². The predicted octanol–water partition coefficient (Wildman–Crippen LogP) is 3.29. The highest BCUT2D eigenvalue weighted by atomic mass is 32.2. The summed E-state index contributed by atoms with van der Waals surface area (Å²) in [4.78, 5) is 14.7. The third kappa shape index (κ3) is 4.87. The lowest BCUT2D eigenvalue weighted by Crippen LogP contribution is -2.28. The number of rotatable bonds is 4. The van der Waals surface area contributed by atoms with Gasteiger partial charge in [0.25, 0.3) is 5.56 Å². The van der Waals surface area contributed by atoms with Crippen LogP contribution in [0.1, 0.15) is 12.5 Å². The topological polar surface area (TPSA) is 69.0 Å². The molecule has 0 radical (unpaired) electrons. The van der Waals surface area contributed by atoms with Crippen LogP contribution in [0.5, 0.6) is 0 Å². The molecule has 1 aromatic heterocycles. The summed E-state index contributed by atoms with van der Waals surface area (Å²) in [6.45, 7) is -0.389. The van der Waals surface area contributed by atoms with Gasteiger partial charge in [-0.3, -0.25) is 9.36 Å². The Morgan fingerprint density at radius 2 is 1.70 bits per heavy atom. The molecular weight excluding hydrogens is 402 g/mol. The Labute approximate surface area is 149 Å². The minimum Gasteiger partial charge on any atom is -0.290 e. The number of halogens is 6. The van der Waals surface area contributed by atoms with Crippen LogP contribution >= 0.6 is 0 Å². The summed E-state index contributed by atoms with van der Waals surface area (Å²) in [7, 11) is -4.14. The van der Waals surface area contributed by atoms with E-state index in [1.165, 1.54) is 6.92 Å². The first-order valence-corrected chi connectivity index (χ1v) is 8.97. The number of hydrogen-bond acceptors (Lipinski definition) is 4. The van der Waals surface area contributed by atoms with Gasteiger partial charge in [-0.25, -0.2) is 13.4 Å². The van der Waals surface area contributed by atoms with E-state index in [0.29, 0.717) is 24.5 Å². The quantitative estimate of drug-likeness (QED) is 0.721. The van der Waals surface area contributed by atoms with Crippen molar-refractivity contribution in [3.05, 3.63) is 46.5 Å². The fourth-order valence-corrected chi connectivity index (χ4v) is 3.33. The average molecular weight is 414 g/mol. The molecule has 0 bridgehead atoms. The van der Waals surface area contributed by atoms with Crippen LogP contribution < -0.4 is 5.56 Å². The molecule has 0 saturated carbocycles.